The number of nitrogens with two attached hydrogens (primary N) is 1. The Kier molecular flexibility index (Phi) is 5.87. The van der Waals surface area contributed by atoms with Crippen molar-refractivity contribution in [3.63, 3.8) is 0 Å². The first-order chi connectivity index (χ1) is 11.9. The zero-order chi connectivity index (χ0) is 18.7. The molecule has 0 radical (unpaired) electrons. The van der Waals surface area contributed by atoms with Gasteiger partial charge in [-0.25, -0.2) is 20.1 Å². The van der Waals surface area contributed by atoms with E-state index in [0.29, 0.717) is 5.69 Å². The number of aromatic nitrogens is 1. The van der Waals surface area contributed by atoms with E-state index in [-0.39, 0.29) is 5.52 Å². The van der Waals surface area contributed by atoms with E-state index in [0.717, 1.165) is 15.5 Å². The number of aromatic carboxylic acids is 1. The molecule has 0 unspecified atom stereocenters. The minimum atomic E-state index is -1.44. The van der Waals surface area contributed by atoms with Gasteiger partial charge >= 0.3 is 5.97 Å². The number of hydrogen-bond acceptors (Lipinski definition) is 6. The second kappa shape index (κ2) is 7.72. The number of rotatable bonds is 3. The molecule has 0 aliphatic rings. The Bertz CT molecular complexity index is 946. The van der Waals surface area contributed by atoms with Crippen LogP contribution in [0, 0.1) is 22.1 Å². The van der Waals surface area contributed by atoms with Gasteiger partial charge in [0.25, 0.3) is 0 Å². The molecule has 0 aliphatic heterocycles. The molecular weight excluding hydrogens is 451 g/mol. The van der Waals surface area contributed by atoms with Crippen molar-refractivity contribution >= 4 is 51.0 Å². The fourth-order valence-electron chi connectivity index (χ4n) is 2.25. The zero-order valence-corrected chi connectivity index (χ0v) is 14.8. The average molecular weight is 463 g/mol. The summed E-state index contributed by atoms with van der Waals surface area (Å²) >= 11 is 2.11. The van der Waals surface area contributed by atoms with E-state index in [1.807, 2.05) is 6.07 Å². The lowest BCUT2D eigenvalue weighted by molar-refractivity contribution is 0.0699. The number of nitrogens with one attached hydrogen (secondary N) is 1. The molecule has 10 heteroatoms. The number of anilines is 2. The van der Waals surface area contributed by atoms with Crippen molar-refractivity contribution in [3.05, 3.63) is 50.9 Å². The van der Waals surface area contributed by atoms with Gasteiger partial charge in [-0.05, 0) is 53.3 Å². The summed E-state index contributed by atoms with van der Waals surface area (Å²) in [5.41, 5.74) is -0.513. The fraction of sp³-hybridized carbons (Fsp3) is 0.0667. The van der Waals surface area contributed by atoms with E-state index in [2.05, 4.69) is 38.8 Å². The number of hydrogen-bond donors (Lipinski definition) is 4. The van der Waals surface area contributed by atoms with E-state index in [1.54, 1.807) is 19.1 Å². The van der Waals surface area contributed by atoms with Crippen molar-refractivity contribution in [1.82, 2.24) is 4.98 Å². The molecule has 3 aromatic rings. The molecule has 0 spiro atoms. The third-order valence-electron chi connectivity index (χ3n) is 3.33. The first kappa shape index (κ1) is 19.0. The van der Waals surface area contributed by atoms with Crippen LogP contribution in [0.3, 0.4) is 0 Å². The van der Waals surface area contributed by atoms with Gasteiger partial charge in [-0.3, -0.25) is 0 Å². The van der Waals surface area contributed by atoms with Crippen molar-refractivity contribution in [2.45, 2.75) is 6.92 Å². The summed E-state index contributed by atoms with van der Waals surface area (Å²) in [6, 6.07) is 5.25. The number of oxazole rings is 1. The second-order valence-corrected chi connectivity index (χ2v) is 6.04. The number of carboxylic acids is 1. The number of fused-ring (bicyclic) bond motifs is 1. The molecule has 0 saturated heterocycles. The lowest BCUT2D eigenvalue weighted by Crippen LogP contribution is -2.09. The molecular formula is C15H12F2IN3O4. The number of carbonyl (C=O) groups is 1. The highest BCUT2D eigenvalue weighted by atomic mass is 127. The highest BCUT2D eigenvalue weighted by Gasteiger charge is 2.27. The van der Waals surface area contributed by atoms with E-state index < -0.39 is 34.4 Å². The van der Waals surface area contributed by atoms with Gasteiger partial charge in [-0.15, -0.1) is 0 Å². The largest absolute Gasteiger partial charge is 0.478 e. The first-order valence-corrected chi connectivity index (χ1v) is 7.74. The Morgan fingerprint density at radius 3 is 2.60 bits per heavy atom. The van der Waals surface area contributed by atoms with Crippen LogP contribution in [0.2, 0.25) is 0 Å². The van der Waals surface area contributed by atoms with Gasteiger partial charge in [0.15, 0.2) is 17.8 Å². The maximum atomic E-state index is 14.3. The van der Waals surface area contributed by atoms with Crippen LogP contribution < -0.4 is 11.2 Å². The summed E-state index contributed by atoms with van der Waals surface area (Å²) in [6.07, 6.45) is 0.875. The molecule has 0 amide bonds. The number of benzene rings is 2. The molecule has 0 saturated carbocycles. The summed E-state index contributed by atoms with van der Waals surface area (Å²) < 4.78 is 34.1. The lowest BCUT2D eigenvalue weighted by Gasteiger charge is -2.14. The molecule has 7 nitrogen and oxygen atoms in total. The number of carboxylic acid groups (broad SMARTS) is 1. The topological polar surface area (TPSA) is 122 Å². The van der Waals surface area contributed by atoms with Crippen molar-refractivity contribution in [2.24, 2.45) is 5.90 Å². The maximum absolute atomic E-state index is 14.3. The third kappa shape index (κ3) is 3.55. The molecule has 3 rings (SSSR count). The molecule has 132 valence electrons. The Hall–Kier alpha value is -2.31. The van der Waals surface area contributed by atoms with E-state index in [9.17, 15) is 18.7 Å². The van der Waals surface area contributed by atoms with Gasteiger partial charge < -0.3 is 20.0 Å². The number of aryl methyl sites for hydroxylation is 1. The fourth-order valence-corrected chi connectivity index (χ4v) is 2.89. The molecule has 0 bridgehead atoms. The molecule has 1 aromatic heterocycles. The van der Waals surface area contributed by atoms with E-state index in [1.165, 1.54) is 0 Å². The number of nitrogens with zero attached hydrogens (tertiary/aromatic N) is 1. The Balaban J connectivity index is 0.00000109. The van der Waals surface area contributed by atoms with Gasteiger partial charge in [0.05, 0.1) is 5.69 Å². The summed E-state index contributed by atoms with van der Waals surface area (Å²) in [6.45, 7) is 1.77. The third-order valence-corrected chi connectivity index (χ3v) is 4.00. The van der Waals surface area contributed by atoms with E-state index >= 15 is 0 Å². The molecule has 2 aromatic carbocycles. The quantitative estimate of drug-likeness (QED) is 0.345. The smallest absolute Gasteiger partial charge is 0.340 e. The Morgan fingerprint density at radius 2 is 2.00 bits per heavy atom. The van der Waals surface area contributed by atoms with E-state index in [4.69, 9.17) is 9.62 Å². The minimum absolute atomic E-state index is 0.248. The van der Waals surface area contributed by atoms with Crippen LogP contribution in [0.1, 0.15) is 15.9 Å². The van der Waals surface area contributed by atoms with Crippen molar-refractivity contribution < 1.29 is 28.3 Å². The van der Waals surface area contributed by atoms with Gasteiger partial charge in [0.1, 0.15) is 11.1 Å². The highest BCUT2D eigenvalue weighted by molar-refractivity contribution is 14.1. The summed E-state index contributed by atoms with van der Waals surface area (Å²) in [4.78, 5) is 15.2. The van der Waals surface area contributed by atoms with Gasteiger partial charge in [0.2, 0.25) is 5.82 Å². The van der Waals surface area contributed by atoms with Gasteiger partial charge in [-0.1, -0.05) is 0 Å². The lowest BCUT2D eigenvalue weighted by atomic mass is 10.1. The molecule has 0 atom stereocenters. The predicted octanol–water partition coefficient (Wildman–Crippen LogP) is 3.80. The van der Waals surface area contributed by atoms with Crippen LogP contribution in [0.25, 0.3) is 11.1 Å². The zero-order valence-electron chi connectivity index (χ0n) is 12.7. The molecule has 5 N–H and O–H groups in total. The predicted molar refractivity (Wildman–Crippen MR) is 94.0 cm³/mol. The van der Waals surface area contributed by atoms with Crippen LogP contribution in [0.4, 0.5) is 20.2 Å². The molecule has 25 heavy (non-hydrogen) atoms. The normalized spacial score (nSPS) is 10.3. The van der Waals surface area contributed by atoms with Crippen LogP contribution in [-0.4, -0.2) is 21.3 Å². The van der Waals surface area contributed by atoms with Crippen molar-refractivity contribution in [3.8, 4) is 0 Å². The van der Waals surface area contributed by atoms with Gasteiger partial charge in [-0.2, -0.15) is 4.39 Å². The maximum Gasteiger partial charge on any atom is 0.340 e. The molecule has 0 fully saturated rings. The van der Waals surface area contributed by atoms with Crippen molar-refractivity contribution in [1.29, 1.82) is 0 Å². The average Bonchev–Trinajstić information content (AvgIpc) is 3.05. The summed E-state index contributed by atoms with van der Waals surface area (Å²) in [5.74, 6) is -0.550. The highest BCUT2D eigenvalue weighted by Crippen LogP contribution is 2.34. The standard InChI is InChI=1S/C15H9F2IN2O3.H3NO/c1-6-4-7(18)2-3-8(6)20-12-9(15(21)22)13-14(23-5-19-13)11(17)10(12)16;1-2/h2-5,20H,1H3,(H,21,22);2H,1H2. The van der Waals surface area contributed by atoms with Crippen LogP contribution >= 0.6 is 22.6 Å². The summed E-state index contributed by atoms with van der Waals surface area (Å²) in [7, 11) is 0. The van der Waals surface area contributed by atoms with Gasteiger partial charge in [0, 0.05) is 9.26 Å². The van der Waals surface area contributed by atoms with Crippen LogP contribution in [0.15, 0.2) is 29.0 Å². The first-order valence-electron chi connectivity index (χ1n) is 6.66. The monoisotopic (exact) mass is 463 g/mol. The SMILES string of the molecule is Cc1cc(I)ccc1Nc1c(F)c(F)c2ocnc2c1C(=O)O.NO. The molecule has 0 aliphatic carbocycles. The van der Waals surface area contributed by atoms with Crippen LogP contribution in [-0.2, 0) is 0 Å². The van der Waals surface area contributed by atoms with Crippen molar-refractivity contribution in [2.75, 3.05) is 5.32 Å². The number of halogens is 3. The Labute approximate surface area is 153 Å². The Morgan fingerprint density at radius 1 is 1.32 bits per heavy atom. The summed E-state index contributed by atoms with van der Waals surface area (Å²) in [5, 5.41) is 18.5. The van der Waals surface area contributed by atoms with Crippen LogP contribution in [0.5, 0.6) is 0 Å². The second-order valence-electron chi connectivity index (χ2n) is 4.80. The minimum Gasteiger partial charge on any atom is -0.478 e. The molecule has 1 heterocycles.